The van der Waals surface area contributed by atoms with Crippen molar-refractivity contribution in [3.8, 4) is 5.75 Å². The quantitative estimate of drug-likeness (QED) is 0.592. The number of aliphatic hydroxyl groups is 1. The number of aliphatic hydroxyl groups excluding tert-OH is 1. The molecule has 0 amide bonds. The molecule has 3 aromatic heterocycles. The molecule has 3 aromatic rings. The fourth-order valence-electron chi connectivity index (χ4n) is 2.72. The molecule has 0 radical (unpaired) electrons. The van der Waals surface area contributed by atoms with Crippen LogP contribution in [0.4, 0.5) is 5.82 Å². The minimum Gasteiger partial charge on any atom is -0.504 e. The lowest BCUT2D eigenvalue weighted by Gasteiger charge is -2.15. The normalized spacial score (nSPS) is 12.5. The SMILES string of the molecule is Cc1ncc(C)n2nc(CCc3ccc(O)c(NC(C)CCO)n3)nc12. The van der Waals surface area contributed by atoms with Gasteiger partial charge in [-0.15, -0.1) is 0 Å². The number of aromatic hydroxyl groups is 1. The topological polar surface area (TPSA) is 108 Å². The Morgan fingerprint density at radius 3 is 2.73 bits per heavy atom. The number of rotatable bonds is 7. The summed E-state index contributed by atoms with van der Waals surface area (Å²) in [6, 6.07) is 3.45. The van der Waals surface area contributed by atoms with Crippen LogP contribution in [-0.2, 0) is 12.8 Å². The van der Waals surface area contributed by atoms with Gasteiger partial charge in [0.2, 0.25) is 0 Å². The fraction of sp³-hybridized carbons (Fsp3) is 0.444. The van der Waals surface area contributed by atoms with Crippen molar-refractivity contribution < 1.29 is 10.2 Å². The van der Waals surface area contributed by atoms with Crippen LogP contribution < -0.4 is 5.32 Å². The predicted molar refractivity (Wildman–Crippen MR) is 98.4 cm³/mol. The van der Waals surface area contributed by atoms with Gasteiger partial charge in [-0.05, 0) is 45.7 Å². The van der Waals surface area contributed by atoms with Crippen LogP contribution in [0.25, 0.3) is 5.65 Å². The summed E-state index contributed by atoms with van der Waals surface area (Å²) in [5.74, 6) is 1.27. The molecule has 0 bridgehead atoms. The number of pyridine rings is 1. The molecule has 0 aromatic carbocycles. The highest BCUT2D eigenvalue weighted by atomic mass is 16.3. The van der Waals surface area contributed by atoms with Crippen molar-refractivity contribution in [2.24, 2.45) is 0 Å². The van der Waals surface area contributed by atoms with Gasteiger partial charge in [-0.25, -0.2) is 14.5 Å². The molecule has 0 saturated carbocycles. The smallest absolute Gasteiger partial charge is 0.177 e. The summed E-state index contributed by atoms with van der Waals surface area (Å²) in [5.41, 5.74) is 3.41. The number of hydrogen-bond acceptors (Lipinski definition) is 7. The minimum absolute atomic E-state index is 0.0206. The Balaban J connectivity index is 1.73. The molecule has 1 unspecified atom stereocenters. The van der Waals surface area contributed by atoms with E-state index in [0.29, 0.717) is 25.1 Å². The van der Waals surface area contributed by atoms with E-state index >= 15 is 0 Å². The Labute approximate surface area is 152 Å². The van der Waals surface area contributed by atoms with Crippen molar-refractivity contribution in [3.63, 3.8) is 0 Å². The Bertz CT molecular complexity index is 869. The third-order valence-electron chi connectivity index (χ3n) is 4.24. The summed E-state index contributed by atoms with van der Waals surface area (Å²) in [5, 5.41) is 26.6. The van der Waals surface area contributed by atoms with Gasteiger partial charge in [0.1, 0.15) is 0 Å². The molecule has 0 aliphatic rings. The average Bonchev–Trinajstić information content (AvgIpc) is 3.05. The molecule has 0 spiro atoms. The molecule has 3 rings (SSSR count). The molecule has 1 atom stereocenters. The van der Waals surface area contributed by atoms with Gasteiger partial charge in [0.25, 0.3) is 0 Å². The number of anilines is 1. The summed E-state index contributed by atoms with van der Waals surface area (Å²) in [4.78, 5) is 13.4. The Morgan fingerprint density at radius 2 is 2.00 bits per heavy atom. The number of nitrogens with one attached hydrogen (secondary N) is 1. The molecule has 0 fully saturated rings. The van der Waals surface area contributed by atoms with Gasteiger partial charge in [0, 0.05) is 31.0 Å². The zero-order valence-corrected chi connectivity index (χ0v) is 15.3. The molecule has 0 aliphatic carbocycles. The van der Waals surface area contributed by atoms with Crippen LogP contribution in [0, 0.1) is 13.8 Å². The van der Waals surface area contributed by atoms with Gasteiger partial charge >= 0.3 is 0 Å². The Morgan fingerprint density at radius 1 is 1.19 bits per heavy atom. The van der Waals surface area contributed by atoms with E-state index in [1.807, 2.05) is 25.3 Å². The van der Waals surface area contributed by atoms with E-state index < -0.39 is 0 Å². The molecule has 26 heavy (non-hydrogen) atoms. The minimum atomic E-state index is 0.0206. The largest absolute Gasteiger partial charge is 0.504 e. The van der Waals surface area contributed by atoms with Crippen molar-refractivity contribution in [3.05, 3.63) is 41.2 Å². The summed E-state index contributed by atoms with van der Waals surface area (Å²) in [6.07, 6.45) is 3.67. The van der Waals surface area contributed by atoms with Gasteiger partial charge in [-0.2, -0.15) is 5.10 Å². The van der Waals surface area contributed by atoms with E-state index in [2.05, 4.69) is 25.4 Å². The molecule has 3 N–H and O–H groups in total. The first-order chi connectivity index (χ1) is 12.5. The van der Waals surface area contributed by atoms with Crippen LogP contribution in [-0.4, -0.2) is 47.4 Å². The zero-order chi connectivity index (χ0) is 18.7. The molecule has 8 heteroatoms. The number of nitrogens with zero attached hydrogens (tertiary/aromatic N) is 5. The fourth-order valence-corrected chi connectivity index (χ4v) is 2.72. The monoisotopic (exact) mass is 356 g/mol. The Kier molecular flexibility index (Phi) is 5.32. The van der Waals surface area contributed by atoms with Gasteiger partial charge in [-0.1, -0.05) is 0 Å². The molecule has 0 aliphatic heterocycles. The first-order valence-corrected chi connectivity index (χ1v) is 8.72. The highest BCUT2D eigenvalue weighted by Gasteiger charge is 2.11. The summed E-state index contributed by atoms with van der Waals surface area (Å²) in [7, 11) is 0. The van der Waals surface area contributed by atoms with Crippen LogP contribution in [0.15, 0.2) is 18.3 Å². The first kappa shape index (κ1) is 18.1. The standard InChI is InChI=1S/C18H24N6O2/c1-11(8-9-25)20-17-15(26)6-4-14(21-17)5-7-16-22-18-13(3)19-10-12(2)24(18)23-16/h4,6,10-11,25-26H,5,7-9H2,1-3H3,(H,20,21). The lowest BCUT2D eigenvalue weighted by molar-refractivity contribution is 0.282. The average molecular weight is 356 g/mol. The van der Waals surface area contributed by atoms with Crippen LogP contribution >= 0.6 is 0 Å². The number of aryl methyl sites for hydroxylation is 4. The number of hydrogen-bond donors (Lipinski definition) is 3. The molecule has 3 heterocycles. The van der Waals surface area contributed by atoms with E-state index in [1.54, 1.807) is 18.3 Å². The highest BCUT2D eigenvalue weighted by Crippen LogP contribution is 2.22. The molecule has 0 saturated heterocycles. The maximum Gasteiger partial charge on any atom is 0.177 e. The van der Waals surface area contributed by atoms with Crippen molar-refractivity contribution in [1.29, 1.82) is 0 Å². The predicted octanol–water partition coefficient (Wildman–Crippen LogP) is 1.81. The van der Waals surface area contributed by atoms with E-state index in [4.69, 9.17) is 5.11 Å². The molecule has 138 valence electrons. The van der Waals surface area contributed by atoms with Crippen molar-refractivity contribution in [2.45, 2.75) is 46.1 Å². The maximum absolute atomic E-state index is 9.97. The van der Waals surface area contributed by atoms with Crippen LogP contribution in [0.5, 0.6) is 5.75 Å². The lowest BCUT2D eigenvalue weighted by atomic mass is 10.2. The second-order valence-electron chi connectivity index (χ2n) is 6.48. The third-order valence-corrected chi connectivity index (χ3v) is 4.24. The van der Waals surface area contributed by atoms with Crippen LogP contribution in [0.2, 0.25) is 0 Å². The second-order valence-corrected chi connectivity index (χ2v) is 6.48. The summed E-state index contributed by atoms with van der Waals surface area (Å²) >= 11 is 0. The van der Waals surface area contributed by atoms with Crippen molar-refractivity contribution >= 4 is 11.5 Å². The first-order valence-electron chi connectivity index (χ1n) is 8.72. The maximum atomic E-state index is 9.97. The van der Waals surface area contributed by atoms with E-state index in [9.17, 15) is 5.11 Å². The van der Waals surface area contributed by atoms with Crippen molar-refractivity contribution in [2.75, 3.05) is 11.9 Å². The molecular formula is C18H24N6O2. The van der Waals surface area contributed by atoms with E-state index in [1.165, 1.54) is 0 Å². The summed E-state index contributed by atoms with van der Waals surface area (Å²) < 4.78 is 1.81. The lowest BCUT2D eigenvalue weighted by Crippen LogP contribution is -2.17. The highest BCUT2D eigenvalue weighted by molar-refractivity contribution is 5.50. The Hall–Kier alpha value is -2.74. The third kappa shape index (κ3) is 3.91. The van der Waals surface area contributed by atoms with Crippen LogP contribution in [0.1, 0.15) is 36.3 Å². The van der Waals surface area contributed by atoms with Gasteiger partial charge in [0.05, 0.1) is 11.4 Å². The van der Waals surface area contributed by atoms with Gasteiger partial charge < -0.3 is 15.5 Å². The van der Waals surface area contributed by atoms with Gasteiger partial charge in [-0.3, -0.25) is 4.98 Å². The van der Waals surface area contributed by atoms with Gasteiger partial charge in [0.15, 0.2) is 23.0 Å². The van der Waals surface area contributed by atoms with E-state index in [-0.39, 0.29) is 18.4 Å². The second kappa shape index (κ2) is 7.65. The van der Waals surface area contributed by atoms with Crippen LogP contribution in [0.3, 0.4) is 0 Å². The number of aromatic nitrogens is 5. The molecule has 8 nitrogen and oxygen atoms in total. The molecular weight excluding hydrogens is 332 g/mol. The summed E-state index contributed by atoms with van der Waals surface area (Å²) in [6.45, 7) is 5.89. The zero-order valence-electron chi connectivity index (χ0n) is 15.3. The number of fused-ring (bicyclic) bond motifs is 1. The van der Waals surface area contributed by atoms with Crippen molar-refractivity contribution in [1.82, 2.24) is 24.6 Å². The van der Waals surface area contributed by atoms with E-state index in [0.717, 1.165) is 28.6 Å².